The maximum Gasteiger partial charge on any atom is 0.247 e. The lowest BCUT2D eigenvalue weighted by atomic mass is 10.3. The number of fused-ring (bicyclic) bond motifs is 1. The quantitative estimate of drug-likeness (QED) is 0.788. The Morgan fingerprint density at radius 2 is 1.96 bits per heavy atom. The van der Waals surface area contributed by atoms with Crippen molar-refractivity contribution in [1.82, 2.24) is 24.5 Å². The molecule has 0 radical (unpaired) electrons. The third kappa shape index (κ3) is 3.28. The van der Waals surface area contributed by atoms with E-state index in [4.69, 9.17) is 0 Å². The molecule has 7 heteroatoms. The predicted octanol–water partition coefficient (Wildman–Crippen LogP) is 2.32. The van der Waals surface area contributed by atoms with Crippen molar-refractivity contribution in [3.05, 3.63) is 42.2 Å². The van der Waals surface area contributed by atoms with Crippen LogP contribution in [0.25, 0.3) is 5.65 Å². The van der Waals surface area contributed by atoms with Crippen molar-refractivity contribution in [2.45, 2.75) is 13.8 Å². The van der Waals surface area contributed by atoms with Gasteiger partial charge in [-0.3, -0.25) is 4.98 Å². The Kier molecular flexibility index (Phi) is 4.23. The van der Waals surface area contributed by atoms with Crippen LogP contribution in [-0.4, -0.2) is 57.2 Å². The van der Waals surface area contributed by atoms with Gasteiger partial charge in [-0.1, -0.05) is 13.0 Å². The zero-order valence-electron chi connectivity index (χ0n) is 14.7. The maximum atomic E-state index is 4.67. The van der Waals surface area contributed by atoms with Crippen LogP contribution in [0.5, 0.6) is 0 Å². The van der Waals surface area contributed by atoms with Crippen molar-refractivity contribution in [1.29, 1.82) is 0 Å². The van der Waals surface area contributed by atoms with E-state index in [1.807, 2.05) is 35.7 Å². The van der Waals surface area contributed by atoms with E-state index in [1.54, 1.807) is 6.20 Å². The summed E-state index contributed by atoms with van der Waals surface area (Å²) in [6.07, 6.45) is 1.78. The van der Waals surface area contributed by atoms with Gasteiger partial charge in [0.15, 0.2) is 5.65 Å². The molecule has 4 rings (SSSR count). The van der Waals surface area contributed by atoms with Gasteiger partial charge in [-0.15, -0.1) is 5.10 Å². The third-order valence-electron chi connectivity index (χ3n) is 4.64. The molecule has 0 spiro atoms. The van der Waals surface area contributed by atoms with Crippen LogP contribution in [0.1, 0.15) is 12.6 Å². The molecule has 0 unspecified atom stereocenters. The third-order valence-corrected chi connectivity index (χ3v) is 4.64. The Morgan fingerprint density at radius 1 is 1.12 bits per heavy atom. The van der Waals surface area contributed by atoms with Crippen LogP contribution < -0.4 is 10.2 Å². The molecule has 1 fully saturated rings. The van der Waals surface area contributed by atoms with Gasteiger partial charge in [-0.05, 0) is 37.7 Å². The zero-order valence-corrected chi connectivity index (χ0v) is 14.7. The van der Waals surface area contributed by atoms with Crippen LogP contribution in [0, 0.1) is 6.92 Å². The van der Waals surface area contributed by atoms with E-state index in [0.29, 0.717) is 5.95 Å². The highest BCUT2D eigenvalue weighted by Crippen LogP contribution is 2.20. The van der Waals surface area contributed by atoms with Crippen molar-refractivity contribution in [3.63, 3.8) is 0 Å². The molecular formula is C18H23N7. The van der Waals surface area contributed by atoms with Gasteiger partial charge in [0.2, 0.25) is 5.95 Å². The lowest BCUT2D eigenvalue weighted by Gasteiger charge is -2.35. The van der Waals surface area contributed by atoms with Gasteiger partial charge in [0.05, 0.1) is 0 Å². The minimum atomic E-state index is 0.602. The van der Waals surface area contributed by atoms with E-state index in [0.717, 1.165) is 55.6 Å². The summed E-state index contributed by atoms with van der Waals surface area (Å²) in [7, 11) is 0. The summed E-state index contributed by atoms with van der Waals surface area (Å²) in [6, 6.07) is 10.1. The normalized spacial score (nSPS) is 15.7. The van der Waals surface area contributed by atoms with Crippen LogP contribution in [0.15, 0.2) is 36.5 Å². The minimum absolute atomic E-state index is 0.602. The Morgan fingerprint density at radius 3 is 2.72 bits per heavy atom. The lowest BCUT2D eigenvalue weighted by Crippen LogP contribution is -2.46. The standard InChI is InChI=1S/C18H23N7/c1-3-23-9-11-24(12-10-23)17-6-4-5-16-21-18(22-25(16)17)20-15-7-8-19-14(2)13-15/h4-8,13H,3,9-12H2,1-2H3,(H,19,20,22). The molecule has 1 N–H and O–H groups in total. The molecule has 1 aliphatic heterocycles. The number of likely N-dealkylation sites (N-methyl/N-ethyl adjacent to an activating group) is 1. The molecule has 0 amide bonds. The number of pyridine rings is 2. The Hall–Kier alpha value is -2.67. The molecule has 25 heavy (non-hydrogen) atoms. The van der Waals surface area contributed by atoms with Gasteiger partial charge in [-0.25, -0.2) is 0 Å². The highest BCUT2D eigenvalue weighted by atomic mass is 15.4. The Bertz CT molecular complexity index is 865. The molecule has 0 saturated carbocycles. The monoisotopic (exact) mass is 337 g/mol. The van der Waals surface area contributed by atoms with Crippen LogP contribution in [-0.2, 0) is 0 Å². The van der Waals surface area contributed by atoms with Gasteiger partial charge < -0.3 is 15.1 Å². The van der Waals surface area contributed by atoms with Crippen LogP contribution >= 0.6 is 0 Å². The average Bonchev–Trinajstić information content (AvgIpc) is 3.04. The summed E-state index contributed by atoms with van der Waals surface area (Å²) >= 11 is 0. The molecule has 1 aliphatic rings. The molecule has 3 aromatic rings. The van der Waals surface area contributed by atoms with E-state index in [9.17, 15) is 0 Å². The number of piperazine rings is 1. The number of rotatable bonds is 4. The molecular weight excluding hydrogens is 314 g/mol. The number of anilines is 3. The van der Waals surface area contributed by atoms with Gasteiger partial charge >= 0.3 is 0 Å². The second kappa shape index (κ2) is 6.68. The first-order valence-corrected chi connectivity index (χ1v) is 8.76. The summed E-state index contributed by atoms with van der Waals surface area (Å²) < 4.78 is 1.93. The zero-order chi connectivity index (χ0) is 17.2. The van der Waals surface area contributed by atoms with Crippen molar-refractivity contribution in [3.8, 4) is 0 Å². The summed E-state index contributed by atoms with van der Waals surface area (Å²) in [5.74, 6) is 1.70. The van der Waals surface area contributed by atoms with Gasteiger partial charge in [0.1, 0.15) is 5.82 Å². The van der Waals surface area contributed by atoms with Crippen LogP contribution in [0.3, 0.4) is 0 Å². The van der Waals surface area contributed by atoms with Crippen molar-refractivity contribution in [2.24, 2.45) is 0 Å². The van der Waals surface area contributed by atoms with E-state index < -0.39 is 0 Å². The van der Waals surface area contributed by atoms with E-state index >= 15 is 0 Å². The first-order chi connectivity index (χ1) is 12.2. The van der Waals surface area contributed by atoms with E-state index in [-0.39, 0.29) is 0 Å². The van der Waals surface area contributed by atoms with Crippen LogP contribution in [0.2, 0.25) is 0 Å². The number of hydrogen-bond donors (Lipinski definition) is 1. The molecule has 0 bridgehead atoms. The molecule has 1 saturated heterocycles. The smallest absolute Gasteiger partial charge is 0.247 e. The van der Waals surface area contributed by atoms with Gasteiger partial charge in [0, 0.05) is 43.8 Å². The van der Waals surface area contributed by atoms with Crippen molar-refractivity contribution in [2.75, 3.05) is 42.9 Å². The molecule has 7 nitrogen and oxygen atoms in total. The fraction of sp³-hybridized carbons (Fsp3) is 0.389. The van der Waals surface area contributed by atoms with Gasteiger partial charge in [0.25, 0.3) is 0 Å². The fourth-order valence-corrected chi connectivity index (χ4v) is 3.23. The first kappa shape index (κ1) is 15.8. The second-order valence-corrected chi connectivity index (χ2v) is 6.32. The molecule has 4 heterocycles. The Labute approximate surface area is 147 Å². The highest BCUT2D eigenvalue weighted by Gasteiger charge is 2.19. The second-order valence-electron chi connectivity index (χ2n) is 6.32. The van der Waals surface area contributed by atoms with Crippen LogP contribution in [0.4, 0.5) is 17.5 Å². The summed E-state index contributed by atoms with van der Waals surface area (Å²) in [5.41, 5.74) is 2.76. The van der Waals surface area contributed by atoms with E-state index in [1.165, 1.54) is 0 Å². The number of nitrogens with one attached hydrogen (secondary N) is 1. The Balaban J connectivity index is 1.60. The molecule has 3 aromatic heterocycles. The minimum Gasteiger partial charge on any atom is -0.354 e. The summed E-state index contributed by atoms with van der Waals surface area (Å²) in [6.45, 7) is 9.49. The summed E-state index contributed by atoms with van der Waals surface area (Å²) in [4.78, 5) is 13.7. The maximum absolute atomic E-state index is 4.67. The average molecular weight is 337 g/mol. The van der Waals surface area contributed by atoms with Crippen molar-refractivity contribution >= 4 is 23.1 Å². The fourth-order valence-electron chi connectivity index (χ4n) is 3.23. The predicted molar refractivity (Wildman–Crippen MR) is 99.6 cm³/mol. The van der Waals surface area contributed by atoms with E-state index in [2.05, 4.69) is 43.2 Å². The first-order valence-electron chi connectivity index (χ1n) is 8.76. The number of aryl methyl sites for hydroxylation is 1. The lowest BCUT2D eigenvalue weighted by molar-refractivity contribution is 0.270. The molecule has 130 valence electrons. The topological polar surface area (TPSA) is 61.6 Å². The molecule has 0 aromatic carbocycles. The number of nitrogens with zero attached hydrogens (tertiary/aromatic N) is 6. The molecule has 0 atom stereocenters. The highest BCUT2D eigenvalue weighted by molar-refractivity contribution is 5.58. The molecule has 0 aliphatic carbocycles. The largest absolute Gasteiger partial charge is 0.354 e. The summed E-state index contributed by atoms with van der Waals surface area (Å²) in [5, 5.41) is 7.94. The number of aromatic nitrogens is 4. The van der Waals surface area contributed by atoms with Crippen molar-refractivity contribution < 1.29 is 0 Å². The van der Waals surface area contributed by atoms with Gasteiger partial charge in [-0.2, -0.15) is 9.50 Å². The number of hydrogen-bond acceptors (Lipinski definition) is 6. The SMILES string of the molecule is CCN1CCN(c2cccc3nc(Nc4ccnc(C)c4)nn23)CC1.